The van der Waals surface area contributed by atoms with Gasteiger partial charge in [0.05, 0.1) is 7.11 Å². The largest absolute Gasteiger partial charge is 0.497 e. The van der Waals surface area contributed by atoms with Crippen molar-refractivity contribution in [3.63, 3.8) is 0 Å². The van der Waals surface area contributed by atoms with Crippen LogP contribution in [0, 0.1) is 0 Å². The van der Waals surface area contributed by atoms with Crippen LogP contribution in [0.2, 0.25) is 5.02 Å². The van der Waals surface area contributed by atoms with Crippen molar-refractivity contribution in [1.82, 2.24) is 0 Å². The van der Waals surface area contributed by atoms with E-state index in [1.807, 2.05) is 36.4 Å². The van der Waals surface area contributed by atoms with Gasteiger partial charge in [-0.1, -0.05) is 29.8 Å². The Bertz CT molecular complexity index is 807. The van der Waals surface area contributed by atoms with Crippen LogP contribution < -0.4 is 4.74 Å². The summed E-state index contributed by atoms with van der Waals surface area (Å²) < 4.78 is 5.20. The van der Waals surface area contributed by atoms with Gasteiger partial charge in [0.1, 0.15) is 5.75 Å². The number of benzene rings is 3. The van der Waals surface area contributed by atoms with E-state index in [1.165, 1.54) is 0 Å². The summed E-state index contributed by atoms with van der Waals surface area (Å²) in [5.41, 5.74) is 1.29. The van der Waals surface area contributed by atoms with Crippen molar-refractivity contribution < 1.29 is 9.53 Å². The first kappa shape index (κ1) is 13.7. The number of halogens is 1. The van der Waals surface area contributed by atoms with Crippen LogP contribution in [0.4, 0.5) is 0 Å². The Balaban J connectivity index is 2.00. The van der Waals surface area contributed by atoms with Gasteiger partial charge in [0, 0.05) is 16.1 Å². The van der Waals surface area contributed by atoms with E-state index < -0.39 is 0 Å². The quantitative estimate of drug-likeness (QED) is 0.653. The molecule has 3 heteroatoms. The summed E-state index contributed by atoms with van der Waals surface area (Å²) in [5, 5.41) is 2.68. The zero-order chi connectivity index (χ0) is 14.8. The smallest absolute Gasteiger partial charge is 0.193 e. The minimum absolute atomic E-state index is 0.00983. The first-order valence-electron chi connectivity index (χ1n) is 6.55. The summed E-state index contributed by atoms with van der Waals surface area (Å²) in [6.45, 7) is 0. The van der Waals surface area contributed by atoms with Gasteiger partial charge >= 0.3 is 0 Å². The second-order valence-corrected chi connectivity index (χ2v) is 5.20. The van der Waals surface area contributed by atoms with E-state index in [4.69, 9.17) is 16.3 Å². The Morgan fingerprint density at radius 1 is 0.857 bits per heavy atom. The van der Waals surface area contributed by atoms with Crippen molar-refractivity contribution in [2.45, 2.75) is 0 Å². The molecule has 0 aliphatic rings. The number of hydrogen-bond acceptors (Lipinski definition) is 2. The zero-order valence-electron chi connectivity index (χ0n) is 11.5. The fraction of sp³-hybridized carbons (Fsp3) is 0.0556. The van der Waals surface area contributed by atoms with Gasteiger partial charge in [-0.2, -0.15) is 0 Å². The first-order valence-corrected chi connectivity index (χ1v) is 6.93. The second kappa shape index (κ2) is 5.58. The Hall–Kier alpha value is -2.32. The summed E-state index contributed by atoms with van der Waals surface area (Å²) in [7, 11) is 1.64. The highest BCUT2D eigenvalue weighted by atomic mass is 35.5. The summed E-state index contributed by atoms with van der Waals surface area (Å²) in [6, 6.07) is 18.4. The first-order chi connectivity index (χ1) is 10.2. The lowest BCUT2D eigenvalue weighted by atomic mass is 10.00. The lowest BCUT2D eigenvalue weighted by Crippen LogP contribution is -2.00. The molecule has 0 saturated heterocycles. The van der Waals surface area contributed by atoms with Crippen LogP contribution in [0.5, 0.6) is 5.75 Å². The van der Waals surface area contributed by atoms with Crippen molar-refractivity contribution in [2.75, 3.05) is 7.11 Å². The Kier molecular flexibility index (Phi) is 3.63. The number of ketones is 1. The van der Waals surface area contributed by atoms with Gasteiger partial charge < -0.3 is 4.74 Å². The van der Waals surface area contributed by atoms with Crippen LogP contribution in [0.1, 0.15) is 15.9 Å². The normalized spacial score (nSPS) is 10.6. The number of carbonyl (C=O) groups is 1. The molecule has 0 aliphatic heterocycles. The second-order valence-electron chi connectivity index (χ2n) is 4.76. The van der Waals surface area contributed by atoms with Gasteiger partial charge in [0.15, 0.2) is 5.78 Å². The summed E-state index contributed by atoms with van der Waals surface area (Å²) in [4.78, 5) is 12.5. The molecule has 0 bridgehead atoms. The number of hydrogen-bond donors (Lipinski definition) is 0. The van der Waals surface area contributed by atoms with Crippen molar-refractivity contribution in [3.8, 4) is 5.75 Å². The number of ether oxygens (including phenoxy) is 1. The van der Waals surface area contributed by atoms with E-state index in [0.29, 0.717) is 16.1 Å². The van der Waals surface area contributed by atoms with Gasteiger partial charge in [-0.25, -0.2) is 0 Å². The Labute approximate surface area is 127 Å². The van der Waals surface area contributed by atoms with E-state index >= 15 is 0 Å². The van der Waals surface area contributed by atoms with Crippen molar-refractivity contribution in [2.24, 2.45) is 0 Å². The van der Waals surface area contributed by atoms with Crippen molar-refractivity contribution in [3.05, 3.63) is 76.8 Å². The van der Waals surface area contributed by atoms with Gasteiger partial charge in [-0.05, 0) is 53.2 Å². The van der Waals surface area contributed by atoms with Crippen LogP contribution >= 0.6 is 11.6 Å². The van der Waals surface area contributed by atoms with Gasteiger partial charge in [0.25, 0.3) is 0 Å². The molecule has 3 rings (SSSR count). The van der Waals surface area contributed by atoms with E-state index in [2.05, 4.69) is 0 Å². The van der Waals surface area contributed by atoms with E-state index in [9.17, 15) is 4.79 Å². The molecule has 0 fully saturated rings. The standard InChI is InChI=1S/C18H13ClO2/c1-21-17-9-6-13-10-15(3-2-14(13)11-17)18(20)12-4-7-16(19)8-5-12/h2-11H,1H3. The fourth-order valence-electron chi connectivity index (χ4n) is 2.26. The Morgan fingerprint density at radius 2 is 1.48 bits per heavy atom. The van der Waals surface area contributed by atoms with E-state index in [0.717, 1.165) is 16.5 Å². The average molecular weight is 297 g/mol. The summed E-state index contributed by atoms with van der Waals surface area (Å²) in [6.07, 6.45) is 0. The molecule has 0 spiro atoms. The minimum Gasteiger partial charge on any atom is -0.497 e. The number of carbonyl (C=O) groups excluding carboxylic acids is 1. The molecule has 0 aromatic heterocycles. The molecule has 0 atom stereocenters. The third kappa shape index (κ3) is 2.76. The molecule has 21 heavy (non-hydrogen) atoms. The molecule has 0 heterocycles. The molecule has 0 aliphatic carbocycles. The van der Waals surface area contributed by atoms with Gasteiger partial charge in [-0.3, -0.25) is 4.79 Å². The SMILES string of the molecule is COc1ccc2cc(C(=O)c3ccc(Cl)cc3)ccc2c1. The van der Waals surface area contributed by atoms with E-state index in [-0.39, 0.29) is 5.78 Å². The molecule has 104 valence electrons. The van der Waals surface area contributed by atoms with Crippen LogP contribution in [0.15, 0.2) is 60.7 Å². The molecule has 3 aromatic rings. The molecule has 3 aromatic carbocycles. The highest BCUT2D eigenvalue weighted by Gasteiger charge is 2.09. The molecule has 0 unspecified atom stereocenters. The lowest BCUT2D eigenvalue weighted by Gasteiger charge is -2.05. The van der Waals surface area contributed by atoms with Crippen molar-refractivity contribution >= 4 is 28.2 Å². The lowest BCUT2D eigenvalue weighted by molar-refractivity contribution is 0.103. The molecule has 0 radical (unpaired) electrons. The molecule has 0 amide bonds. The third-order valence-corrected chi connectivity index (χ3v) is 3.67. The van der Waals surface area contributed by atoms with Crippen molar-refractivity contribution in [1.29, 1.82) is 0 Å². The van der Waals surface area contributed by atoms with Gasteiger partial charge in [-0.15, -0.1) is 0 Å². The molecule has 0 N–H and O–H groups in total. The molecule has 0 saturated carbocycles. The predicted molar refractivity (Wildman–Crippen MR) is 85.4 cm³/mol. The van der Waals surface area contributed by atoms with Crippen LogP contribution in [0.3, 0.4) is 0 Å². The monoisotopic (exact) mass is 296 g/mol. The molecule has 2 nitrogen and oxygen atoms in total. The number of methoxy groups -OCH3 is 1. The summed E-state index contributed by atoms with van der Waals surface area (Å²) >= 11 is 5.85. The van der Waals surface area contributed by atoms with Gasteiger partial charge in [0.2, 0.25) is 0 Å². The number of rotatable bonds is 3. The minimum atomic E-state index is -0.00983. The fourth-order valence-corrected chi connectivity index (χ4v) is 2.39. The van der Waals surface area contributed by atoms with Crippen LogP contribution in [-0.2, 0) is 0 Å². The van der Waals surface area contributed by atoms with E-state index in [1.54, 1.807) is 31.4 Å². The zero-order valence-corrected chi connectivity index (χ0v) is 12.2. The average Bonchev–Trinajstić information content (AvgIpc) is 2.54. The highest BCUT2D eigenvalue weighted by Crippen LogP contribution is 2.23. The molecular weight excluding hydrogens is 284 g/mol. The maximum Gasteiger partial charge on any atom is 0.193 e. The summed E-state index contributed by atoms with van der Waals surface area (Å²) in [5.74, 6) is 0.795. The third-order valence-electron chi connectivity index (χ3n) is 3.42. The topological polar surface area (TPSA) is 26.3 Å². The predicted octanol–water partition coefficient (Wildman–Crippen LogP) is 4.73. The Morgan fingerprint density at radius 3 is 2.19 bits per heavy atom. The number of fused-ring (bicyclic) bond motifs is 1. The highest BCUT2D eigenvalue weighted by molar-refractivity contribution is 6.30. The maximum atomic E-state index is 12.5. The van der Waals surface area contributed by atoms with Crippen LogP contribution in [-0.4, -0.2) is 12.9 Å². The van der Waals surface area contributed by atoms with Crippen LogP contribution in [0.25, 0.3) is 10.8 Å². The maximum absolute atomic E-state index is 12.5. The molecular formula is C18H13ClO2.